The molecule has 7 heteroatoms. The fourth-order valence-electron chi connectivity index (χ4n) is 4.51. The Hall–Kier alpha value is -3.09. The molecule has 33 heavy (non-hydrogen) atoms. The van der Waals surface area contributed by atoms with E-state index >= 15 is 0 Å². The highest BCUT2D eigenvalue weighted by molar-refractivity contribution is 6.06. The highest BCUT2D eigenvalue weighted by atomic mass is 16.5. The average Bonchev–Trinajstić information content (AvgIpc) is 3.06. The number of aryl methyl sites for hydroxylation is 1. The van der Waals surface area contributed by atoms with E-state index in [9.17, 15) is 14.4 Å². The van der Waals surface area contributed by atoms with Gasteiger partial charge in [0.1, 0.15) is 17.5 Å². The number of ether oxygens (including phenoxy) is 1. The monoisotopic (exact) mass is 453 g/mol. The first-order chi connectivity index (χ1) is 15.6. The van der Waals surface area contributed by atoms with E-state index in [2.05, 4.69) is 29.5 Å². The summed E-state index contributed by atoms with van der Waals surface area (Å²) in [5.74, 6) is -0.0590. The van der Waals surface area contributed by atoms with Crippen LogP contribution in [0.1, 0.15) is 84.1 Å². The molecule has 3 N–H and O–H groups in total. The number of ketones is 1. The average molecular weight is 454 g/mol. The van der Waals surface area contributed by atoms with Crippen LogP contribution in [0.15, 0.2) is 18.2 Å². The zero-order valence-electron chi connectivity index (χ0n) is 20.5. The number of amides is 2. The van der Waals surface area contributed by atoms with Crippen LogP contribution in [0.4, 0.5) is 5.69 Å². The van der Waals surface area contributed by atoms with Gasteiger partial charge in [-0.25, -0.2) is 0 Å². The molecule has 2 aromatic rings. The van der Waals surface area contributed by atoms with Crippen LogP contribution in [0, 0.1) is 19.3 Å². The molecule has 0 bridgehead atoms. The number of rotatable bonds is 8. The molecule has 1 atom stereocenters. The van der Waals surface area contributed by atoms with E-state index in [4.69, 9.17) is 4.74 Å². The third-order valence-electron chi connectivity index (χ3n) is 6.21. The Balaban J connectivity index is 1.82. The van der Waals surface area contributed by atoms with Crippen LogP contribution in [0.3, 0.4) is 0 Å². The molecule has 0 saturated carbocycles. The Kier molecular flexibility index (Phi) is 7.30. The first-order valence-electron chi connectivity index (χ1n) is 11.6. The molecule has 0 radical (unpaired) electrons. The Morgan fingerprint density at radius 3 is 2.61 bits per heavy atom. The third-order valence-corrected chi connectivity index (χ3v) is 6.21. The van der Waals surface area contributed by atoms with Crippen molar-refractivity contribution in [2.75, 3.05) is 12.4 Å². The summed E-state index contributed by atoms with van der Waals surface area (Å²) < 4.78 is 5.36. The van der Waals surface area contributed by atoms with Gasteiger partial charge >= 0.3 is 0 Å². The number of Topliss-reactive ketones (excluding diaryl/α,β-unsaturated/α-hetero) is 1. The van der Waals surface area contributed by atoms with Gasteiger partial charge in [0, 0.05) is 17.7 Å². The Labute approximate surface area is 195 Å². The van der Waals surface area contributed by atoms with Gasteiger partial charge in [-0.05, 0) is 55.4 Å². The lowest BCUT2D eigenvalue weighted by Crippen LogP contribution is -2.44. The number of hydrogen-bond acceptors (Lipinski definition) is 4. The molecule has 0 aliphatic heterocycles. The fourth-order valence-corrected chi connectivity index (χ4v) is 4.51. The van der Waals surface area contributed by atoms with Gasteiger partial charge in [-0.15, -0.1) is 0 Å². The molecule has 178 valence electrons. The number of anilines is 1. The summed E-state index contributed by atoms with van der Waals surface area (Å²) in [5.41, 5.74) is 3.84. The van der Waals surface area contributed by atoms with Crippen molar-refractivity contribution in [1.29, 1.82) is 0 Å². The molecule has 1 unspecified atom stereocenters. The normalized spacial score (nSPS) is 15.5. The van der Waals surface area contributed by atoms with Crippen LogP contribution in [0.25, 0.3) is 0 Å². The molecule has 0 saturated heterocycles. The van der Waals surface area contributed by atoms with Crippen LogP contribution in [-0.2, 0) is 11.2 Å². The van der Waals surface area contributed by atoms with Crippen LogP contribution < -0.4 is 15.4 Å². The van der Waals surface area contributed by atoms with Crippen LogP contribution in [-0.4, -0.2) is 35.7 Å². The van der Waals surface area contributed by atoms with Crippen molar-refractivity contribution >= 4 is 23.3 Å². The number of unbranched alkanes of at least 4 members (excludes halogenated alkanes) is 1. The quantitative estimate of drug-likeness (QED) is 0.538. The van der Waals surface area contributed by atoms with Gasteiger partial charge in [0.15, 0.2) is 5.78 Å². The number of carbonyl (C=O) groups is 3. The van der Waals surface area contributed by atoms with Gasteiger partial charge in [0.05, 0.1) is 12.8 Å². The van der Waals surface area contributed by atoms with Crippen molar-refractivity contribution < 1.29 is 19.1 Å². The molecule has 0 spiro atoms. The van der Waals surface area contributed by atoms with Gasteiger partial charge < -0.3 is 20.4 Å². The predicted molar refractivity (Wildman–Crippen MR) is 129 cm³/mol. The predicted octanol–water partition coefficient (Wildman–Crippen LogP) is 4.72. The maximum Gasteiger partial charge on any atom is 0.268 e. The van der Waals surface area contributed by atoms with E-state index in [1.165, 1.54) is 0 Å². The zero-order chi connectivity index (χ0) is 24.3. The van der Waals surface area contributed by atoms with E-state index in [0.29, 0.717) is 47.5 Å². The highest BCUT2D eigenvalue weighted by Crippen LogP contribution is 2.36. The van der Waals surface area contributed by atoms with Crippen molar-refractivity contribution in [2.45, 2.75) is 72.8 Å². The Morgan fingerprint density at radius 1 is 1.21 bits per heavy atom. The summed E-state index contributed by atoms with van der Waals surface area (Å²) >= 11 is 0. The third kappa shape index (κ3) is 5.46. The summed E-state index contributed by atoms with van der Waals surface area (Å²) in [6.07, 6.45) is 3.35. The Morgan fingerprint density at radius 2 is 1.94 bits per heavy atom. The van der Waals surface area contributed by atoms with E-state index in [-0.39, 0.29) is 23.0 Å². The molecule has 1 heterocycles. The topological polar surface area (TPSA) is 100 Å². The second-order valence-electron chi connectivity index (χ2n) is 9.78. The van der Waals surface area contributed by atoms with Crippen molar-refractivity contribution in [3.05, 3.63) is 46.3 Å². The number of nitrogens with one attached hydrogen (secondary N) is 3. The number of hydrogen-bond donors (Lipinski definition) is 3. The van der Waals surface area contributed by atoms with Crippen LogP contribution in [0.2, 0.25) is 0 Å². The first kappa shape index (κ1) is 24.6. The van der Waals surface area contributed by atoms with Gasteiger partial charge in [0.2, 0.25) is 5.91 Å². The number of aromatic nitrogens is 1. The van der Waals surface area contributed by atoms with Crippen molar-refractivity contribution in [2.24, 2.45) is 5.41 Å². The Bertz CT molecular complexity index is 1070. The molecule has 2 amide bonds. The summed E-state index contributed by atoms with van der Waals surface area (Å²) in [7, 11) is 1.55. The van der Waals surface area contributed by atoms with Crippen LogP contribution in [0.5, 0.6) is 5.75 Å². The fraction of sp³-hybridized carbons (Fsp3) is 0.500. The van der Waals surface area contributed by atoms with Crippen molar-refractivity contribution in [3.63, 3.8) is 0 Å². The van der Waals surface area contributed by atoms with Gasteiger partial charge in [0.25, 0.3) is 5.91 Å². The van der Waals surface area contributed by atoms with Gasteiger partial charge in [-0.2, -0.15) is 0 Å². The molecule has 3 rings (SSSR count). The van der Waals surface area contributed by atoms with E-state index in [0.717, 1.165) is 24.1 Å². The zero-order valence-corrected chi connectivity index (χ0v) is 20.5. The number of benzene rings is 1. The second-order valence-corrected chi connectivity index (χ2v) is 9.78. The molecule has 1 aromatic carbocycles. The molecular weight excluding hydrogens is 418 g/mol. The SMILES string of the molecule is CCCCC(NC(=O)c1[nH]c2c(c1C)C(=O)CC(C)(C)C2)C(=O)Nc1cc(C)ccc1OC. The minimum Gasteiger partial charge on any atom is -0.495 e. The maximum atomic E-state index is 13.2. The minimum atomic E-state index is -0.713. The van der Waals surface area contributed by atoms with Crippen molar-refractivity contribution in [1.82, 2.24) is 10.3 Å². The van der Waals surface area contributed by atoms with Gasteiger partial charge in [-0.1, -0.05) is 39.7 Å². The second kappa shape index (κ2) is 9.81. The number of carbonyl (C=O) groups excluding carboxylic acids is 3. The van der Waals surface area contributed by atoms with E-state index in [1.54, 1.807) is 20.1 Å². The lowest BCUT2D eigenvalue weighted by molar-refractivity contribution is -0.118. The van der Waals surface area contributed by atoms with Crippen molar-refractivity contribution in [3.8, 4) is 5.75 Å². The van der Waals surface area contributed by atoms with Gasteiger partial charge in [-0.3, -0.25) is 14.4 Å². The minimum absolute atomic E-state index is 0.0564. The van der Waals surface area contributed by atoms with E-state index in [1.807, 2.05) is 26.0 Å². The van der Waals surface area contributed by atoms with E-state index < -0.39 is 6.04 Å². The standard InChI is InChI=1S/C26H35N3O4/c1-7-8-9-17(24(31)29-18-12-15(2)10-11-21(18)33-6)28-25(32)23-16(3)22-19(27-23)13-26(4,5)14-20(22)30/h10-12,17,27H,7-9,13-14H2,1-6H3,(H,28,32)(H,29,31). The molecule has 1 aliphatic carbocycles. The smallest absolute Gasteiger partial charge is 0.268 e. The number of fused-ring (bicyclic) bond motifs is 1. The summed E-state index contributed by atoms with van der Waals surface area (Å²) in [6.45, 7) is 9.86. The van der Waals surface area contributed by atoms with Crippen LogP contribution >= 0.6 is 0 Å². The highest BCUT2D eigenvalue weighted by Gasteiger charge is 2.35. The largest absolute Gasteiger partial charge is 0.495 e. The maximum absolute atomic E-state index is 13.2. The lowest BCUT2D eigenvalue weighted by atomic mass is 9.75. The molecule has 1 aromatic heterocycles. The molecule has 0 fully saturated rings. The number of methoxy groups -OCH3 is 1. The molecular formula is C26H35N3O4. The summed E-state index contributed by atoms with van der Waals surface area (Å²) in [5, 5.41) is 5.80. The number of aromatic amines is 1. The lowest BCUT2D eigenvalue weighted by Gasteiger charge is -2.28. The summed E-state index contributed by atoms with van der Waals surface area (Å²) in [4.78, 5) is 42.2. The summed E-state index contributed by atoms with van der Waals surface area (Å²) in [6, 6.07) is 4.83. The first-order valence-corrected chi connectivity index (χ1v) is 11.6. The molecule has 7 nitrogen and oxygen atoms in total. The number of H-pyrrole nitrogens is 1. The molecule has 1 aliphatic rings.